The first-order valence-corrected chi connectivity index (χ1v) is 18.7. The number of halogens is 6. The van der Waals surface area contributed by atoms with Gasteiger partial charge < -0.3 is 30.5 Å². The number of amides is 3. The van der Waals surface area contributed by atoms with Crippen LogP contribution in [0.2, 0.25) is 0 Å². The van der Waals surface area contributed by atoms with E-state index in [0.29, 0.717) is 5.56 Å². The number of esters is 1. The molecule has 1 aliphatic carbocycles. The first-order chi connectivity index (χ1) is 25.4. The van der Waals surface area contributed by atoms with Crippen molar-refractivity contribution in [3.63, 3.8) is 0 Å². The molecule has 4 N–H and O–H groups in total. The summed E-state index contributed by atoms with van der Waals surface area (Å²) in [6, 6.07) is 21.3. The number of ether oxygens (including phenoxy) is 2. The molecule has 0 fully saturated rings. The quantitative estimate of drug-likeness (QED) is 0.0622. The second-order valence-corrected chi connectivity index (χ2v) is 14.9. The number of phenolic OH excluding ortho intramolecular Hbond substituents is 1. The third kappa shape index (κ3) is 23.9. The zero-order valence-electron chi connectivity index (χ0n) is 30.8. The van der Waals surface area contributed by atoms with E-state index in [2.05, 4.69) is 16.0 Å². The van der Waals surface area contributed by atoms with Crippen LogP contribution in [0.1, 0.15) is 37.5 Å². The minimum absolute atomic E-state index is 0. The first-order valence-electron chi connectivity index (χ1n) is 16.7. The van der Waals surface area contributed by atoms with Gasteiger partial charge in [0.1, 0.15) is 29.5 Å². The number of carbonyl (C=O) groups is 4. The summed E-state index contributed by atoms with van der Waals surface area (Å²) in [5, 5.41) is 18.0. The van der Waals surface area contributed by atoms with Gasteiger partial charge in [0.2, 0.25) is 11.8 Å². The Kier molecular flexibility index (Phi) is 18.4. The normalized spacial score (nSPS) is 14.5. The number of rotatable bonds is 12. The maximum Gasteiger partial charge on any atom is 1.00 e. The standard InChI is InChI=1S/C33H39N3O7.C5H5.F6P.Ru/c1-33(2,3)43-32(41)36-27(20-23-14-9-6-10-15-23)30(39)34-26(19-22-12-7-5-8-13-22)29(38)35-28(31(40)42-4)21-24-16-11-17-25(37)18-24;1-2-4-5-3-1;1-7(2,3,4,5)6;/h5-18,26-28,37H,19-21H2,1-4H3,(H,34,39)(H,35,38)(H,36,41);1-5H;;/q;;-1;+1/t26-,27-,28-;;;/m0.../s1. The Labute approximate surface area is 334 Å². The summed E-state index contributed by atoms with van der Waals surface area (Å²) in [5.74, 6) is -1.89. The SMILES string of the molecule is COC(=O)[C@H](Cc1cccc(O)c1)NC(=O)[C@H](Cc1ccccc1)NC(=O)[C@H](Cc1ccccc1)NC(=O)OC(C)(C)C.F[P-](F)(F)(F)(F)F.[CH]1C=CC=C1.[Ru+]. The number of allylic oxidation sites excluding steroid dienone is 4. The molecule has 3 aromatic carbocycles. The molecule has 0 saturated carbocycles. The Morgan fingerprint density at radius 3 is 1.45 bits per heavy atom. The van der Waals surface area contributed by atoms with Crippen LogP contribution < -0.4 is 16.0 Å². The van der Waals surface area contributed by atoms with Crippen molar-refractivity contribution >= 4 is 31.7 Å². The molecule has 0 saturated heterocycles. The van der Waals surface area contributed by atoms with E-state index in [4.69, 9.17) is 9.47 Å². The number of alkyl carbamates (subject to hydrolysis) is 1. The van der Waals surface area contributed by atoms with Crippen LogP contribution >= 0.6 is 7.81 Å². The van der Waals surface area contributed by atoms with Crippen LogP contribution in [0.4, 0.5) is 30.0 Å². The van der Waals surface area contributed by atoms with Crippen LogP contribution in [0.3, 0.4) is 0 Å². The summed E-state index contributed by atoms with van der Waals surface area (Å²) in [6.07, 6.45) is 9.54. The van der Waals surface area contributed by atoms with Crippen molar-refractivity contribution in [1.82, 2.24) is 16.0 Å². The van der Waals surface area contributed by atoms with E-state index in [0.717, 1.165) is 11.1 Å². The molecule has 18 heteroatoms. The maximum absolute atomic E-state index is 13.7. The van der Waals surface area contributed by atoms with Gasteiger partial charge in [-0.25, -0.2) is 9.59 Å². The molecule has 0 bridgehead atoms. The van der Waals surface area contributed by atoms with E-state index >= 15 is 0 Å². The number of carbonyl (C=O) groups excluding carboxylic acids is 4. The van der Waals surface area contributed by atoms with E-state index in [1.807, 2.05) is 91.4 Å². The summed E-state index contributed by atoms with van der Waals surface area (Å²) in [7, 11) is -9.45. The van der Waals surface area contributed by atoms with Crippen LogP contribution in [-0.4, -0.2) is 59.8 Å². The smallest absolute Gasteiger partial charge is 0.0767 e. The van der Waals surface area contributed by atoms with Gasteiger partial charge in [-0.3, -0.25) is 9.59 Å². The van der Waals surface area contributed by atoms with Crippen LogP contribution in [0.25, 0.3) is 0 Å². The average Bonchev–Trinajstić information content (AvgIpc) is 3.66. The van der Waals surface area contributed by atoms with Gasteiger partial charge in [0, 0.05) is 25.7 Å². The van der Waals surface area contributed by atoms with Crippen LogP contribution in [0.5, 0.6) is 5.75 Å². The molecule has 3 atom stereocenters. The van der Waals surface area contributed by atoms with Gasteiger partial charge in [0.15, 0.2) is 0 Å². The van der Waals surface area contributed by atoms with E-state index in [9.17, 15) is 49.5 Å². The Morgan fingerprint density at radius 2 is 1.05 bits per heavy atom. The fourth-order valence-electron chi connectivity index (χ4n) is 4.69. The van der Waals surface area contributed by atoms with Crippen molar-refractivity contribution in [2.75, 3.05) is 7.11 Å². The number of hydrogen-bond acceptors (Lipinski definition) is 7. The van der Waals surface area contributed by atoms with Gasteiger partial charge in [0.25, 0.3) is 0 Å². The minimum Gasteiger partial charge on any atom is -0.0767 e. The van der Waals surface area contributed by atoms with Gasteiger partial charge in [-0.1, -0.05) is 97.1 Å². The molecular weight excluding hydrogens is 856 g/mol. The Hall–Kier alpha value is -4.75. The van der Waals surface area contributed by atoms with E-state index in [-0.39, 0.29) is 44.5 Å². The summed E-state index contributed by atoms with van der Waals surface area (Å²) < 4.78 is 69.5. The number of benzene rings is 3. The van der Waals surface area contributed by atoms with Gasteiger partial charge in [-0.05, 0) is 49.6 Å². The van der Waals surface area contributed by atoms with Crippen molar-refractivity contribution in [1.29, 1.82) is 0 Å². The number of hydrogen-bond donors (Lipinski definition) is 4. The van der Waals surface area contributed by atoms with Crippen molar-refractivity contribution < 1.29 is 78.4 Å². The molecule has 3 amide bonds. The average molecular weight is 901 g/mol. The first kappa shape index (κ1) is 49.3. The monoisotopic (exact) mass is 901 g/mol. The van der Waals surface area contributed by atoms with Crippen molar-refractivity contribution in [3.05, 3.63) is 132 Å². The summed E-state index contributed by atoms with van der Waals surface area (Å²) in [5.41, 5.74) is 1.38. The topological polar surface area (TPSA) is 143 Å². The Balaban J connectivity index is 0.00000103. The molecule has 10 nitrogen and oxygen atoms in total. The van der Waals surface area contributed by atoms with Gasteiger partial charge in [-0.2, -0.15) is 0 Å². The second-order valence-electron chi connectivity index (χ2n) is 13.0. The van der Waals surface area contributed by atoms with E-state index in [1.165, 1.54) is 19.2 Å². The zero-order valence-corrected chi connectivity index (χ0v) is 33.4. The summed E-state index contributed by atoms with van der Waals surface area (Å²) >= 11 is 0. The molecule has 0 unspecified atom stereocenters. The largest absolute Gasteiger partial charge is 1.00 e. The number of phenols is 1. The van der Waals surface area contributed by atoms with Crippen LogP contribution in [-0.2, 0) is 62.6 Å². The summed E-state index contributed by atoms with van der Waals surface area (Å²) in [6.45, 7) is 5.15. The minimum atomic E-state index is -10.7. The van der Waals surface area contributed by atoms with Crippen LogP contribution in [0.15, 0.2) is 109 Å². The molecule has 0 aliphatic heterocycles. The predicted molar refractivity (Wildman–Crippen MR) is 197 cm³/mol. The molecule has 0 spiro atoms. The van der Waals surface area contributed by atoms with Gasteiger partial charge in [-0.15, -0.1) is 0 Å². The van der Waals surface area contributed by atoms with Gasteiger partial charge >= 0.3 is 64.5 Å². The third-order valence-electron chi connectivity index (χ3n) is 6.91. The number of nitrogens with one attached hydrogen (secondary N) is 3. The summed E-state index contributed by atoms with van der Waals surface area (Å²) in [4.78, 5) is 52.6. The van der Waals surface area contributed by atoms with Gasteiger partial charge in [0.05, 0.1) is 7.11 Å². The van der Waals surface area contributed by atoms with Crippen molar-refractivity contribution in [2.24, 2.45) is 0 Å². The number of methoxy groups -OCH3 is 1. The molecule has 2 radical (unpaired) electrons. The molecular formula is C38H44F6N3O7PRu. The Bertz CT molecular complexity index is 1770. The molecule has 0 aromatic heterocycles. The molecule has 4 rings (SSSR count). The molecule has 0 heterocycles. The predicted octanol–water partition coefficient (Wildman–Crippen LogP) is 8.15. The molecule has 3 aromatic rings. The molecule has 56 heavy (non-hydrogen) atoms. The van der Waals surface area contributed by atoms with E-state index in [1.54, 1.807) is 32.9 Å². The third-order valence-corrected chi connectivity index (χ3v) is 6.91. The molecule has 308 valence electrons. The maximum atomic E-state index is 13.7. The van der Waals surface area contributed by atoms with Crippen LogP contribution in [0, 0.1) is 6.42 Å². The fourth-order valence-corrected chi connectivity index (χ4v) is 4.69. The van der Waals surface area contributed by atoms with E-state index < -0.39 is 55.4 Å². The second kappa shape index (κ2) is 21.0. The molecule has 1 aliphatic rings. The zero-order chi connectivity index (χ0) is 41.4. The Morgan fingerprint density at radius 1 is 0.643 bits per heavy atom. The number of aromatic hydroxyl groups is 1. The fraction of sp³-hybridized carbons (Fsp3) is 0.289. The van der Waals surface area contributed by atoms with Crippen molar-refractivity contribution in [2.45, 2.75) is 63.8 Å². The van der Waals surface area contributed by atoms with Crippen molar-refractivity contribution in [3.8, 4) is 5.75 Å².